The summed E-state index contributed by atoms with van der Waals surface area (Å²) in [4.78, 5) is 12.8. The van der Waals surface area contributed by atoms with Crippen LogP contribution in [0.5, 0.6) is 11.5 Å². The molecule has 0 atom stereocenters. The van der Waals surface area contributed by atoms with Crippen molar-refractivity contribution in [3.63, 3.8) is 0 Å². The molecule has 4 rings (SSSR count). The van der Waals surface area contributed by atoms with Crippen LogP contribution in [0.4, 0.5) is 4.39 Å². The van der Waals surface area contributed by atoms with E-state index < -0.39 is 5.82 Å². The number of rotatable bonds is 5. The first-order chi connectivity index (χ1) is 14.4. The van der Waals surface area contributed by atoms with E-state index in [0.717, 1.165) is 17.5 Å². The van der Waals surface area contributed by atoms with Crippen molar-refractivity contribution < 1.29 is 18.7 Å². The lowest BCUT2D eigenvalue weighted by Crippen LogP contribution is -2.00. The standard InChI is InChI=1S/C25H20ClFO3/c1-3-16-4-6-17(7-5-16)11-23-25(28)24-15(2)10-20(13-22(24)30-23)29-14-18-8-9-19(27)12-21(18)26/h4-13H,3,14H2,1-2H3/b23-11-. The van der Waals surface area contributed by atoms with Gasteiger partial charge in [-0.05, 0) is 54.3 Å². The molecule has 0 N–H and O–H groups in total. The summed E-state index contributed by atoms with van der Waals surface area (Å²) in [5, 5.41) is 0.304. The fourth-order valence-corrected chi connectivity index (χ4v) is 3.58. The van der Waals surface area contributed by atoms with Crippen molar-refractivity contribution in [1.82, 2.24) is 0 Å². The second kappa shape index (κ2) is 8.33. The summed E-state index contributed by atoms with van der Waals surface area (Å²) in [5.41, 5.74) is 4.12. The molecular formula is C25H20ClFO3. The molecule has 30 heavy (non-hydrogen) atoms. The number of ether oxygens (including phenoxy) is 2. The molecule has 3 aromatic rings. The van der Waals surface area contributed by atoms with Crippen LogP contribution < -0.4 is 9.47 Å². The van der Waals surface area contributed by atoms with Crippen LogP contribution in [0.15, 0.2) is 60.4 Å². The van der Waals surface area contributed by atoms with Gasteiger partial charge in [-0.2, -0.15) is 0 Å². The molecule has 0 bridgehead atoms. The number of hydrogen-bond acceptors (Lipinski definition) is 3. The Hall–Kier alpha value is -3.11. The first-order valence-corrected chi connectivity index (χ1v) is 10.1. The Morgan fingerprint density at radius 3 is 2.57 bits per heavy atom. The third-order valence-corrected chi connectivity index (χ3v) is 5.39. The second-order valence-electron chi connectivity index (χ2n) is 7.17. The third-order valence-electron chi connectivity index (χ3n) is 5.04. The molecule has 0 unspecified atom stereocenters. The van der Waals surface area contributed by atoms with Gasteiger partial charge in [0.1, 0.15) is 23.9 Å². The quantitative estimate of drug-likeness (QED) is 0.437. The normalized spacial score (nSPS) is 14.0. The molecule has 0 saturated carbocycles. The van der Waals surface area contributed by atoms with Gasteiger partial charge in [-0.3, -0.25) is 4.79 Å². The molecule has 0 amide bonds. The topological polar surface area (TPSA) is 35.5 Å². The number of halogens is 2. The Bertz CT molecular complexity index is 1150. The molecule has 3 nitrogen and oxygen atoms in total. The molecule has 0 spiro atoms. The lowest BCUT2D eigenvalue weighted by atomic mass is 10.0. The summed E-state index contributed by atoms with van der Waals surface area (Å²) in [6.45, 7) is 4.12. The van der Waals surface area contributed by atoms with E-state index in [-0.39, 0.29) is 18.1 Å². The first-order valence-electron chi connectivity index (χ1n) is 9.69. The van der Waals surface area contributed by atoms with Crippen LogP contribution in [0.2, 0.25) is 5.02 Å². The molecule has 0 saturated heterocycles. The van der Waals surface area contributed by atoms with Crippen LogP contribution in [0, 0.1) is 12.7 Å². The van der Waals surface area contributed by atoms with E-state index in [1.807, 2.05) is 31.2 Å². The van der Waals surface area contributed by atoms with Gasteiger partial charge in [0, 0.05) is 11.6 Å². The zero-order chi connectivity index (χ0) is 21.3. The number of aryl methyl sites for hydroxylation is 2. The third kappa shape index (κ3) is 4.10. The highest BCUT2D eigenvalue weighted by Gasteiger charge is 2.30. The van der Waals surface area contributed by atoms with Gasteiger partial charge in [-0.15, -0.1) is 0 Å². The van der Waals surface area contributed by atoms with Gasteiger partial charge in [0.05, 0.1) is 10.6 Å². The fourth-order valence-electron chi connectivity index (χ4n) is 3.36. The molecule has 1 aliphatic heterocycles. The van der Waals surface area contributed by atoms with E-state index in [4.69, 9.17) is 21.1 Å². The molecule has 152 valence electrons. The summed E-state index contributed by atoms with van der Waals surface area (Å²) in [5.74, 6) is 0.767. The van der Waals surface area contributed by atoms with Gasteiger partial charge in [-0.1, -0.05) is 48.9 Å². The predicted molar refractivity (Wildman–Crippen MR) is 116 cm³/mol. The largest absolute Gasteiger partial charge is 0.489 e. The minimum absolute atomic E-state index is 0.143. The number of allylic oxidation sites excluding steroid dienone is 1. The van der Waals surface area contributed by atoms with Crippen molar-refractivity contribution in [3.05, 3.63) is 99.0 Å². The number of benzene rings is 3. The number of ketones is 1. The lowest BCUT2D eigenvalue weighted by Gasteiger charge is -2.10. The van der Waals surface area contributed by atoms with E-state index in [2.05, 4.69) is 6.92 Å². The number of Topliss-reactive ketones (excluding diaryl/α,β-unsaturated/α-hetero) is 1. The molecule has 0 radical (unpaired) electrons. The average molecular weight is 423 g/mol. The Morgan fingerprint density at radius 2 is 1.87 bits per heavy atom. The van der Waals surface area contributed by atoms with Gasteiger partial charge >= 0.3 is 0 Å². The average Bonchev–Trinajstić information content (AvgIpc) is 3.03. The molecule has 1 aliphatic rings. The maximum absolute atomic E-state index is 13.2. The molecule has 0 aliphatic carbocycles. The van der Waals surface area contributed by atoms with Crippen LogP contribution in [0.1, 0.15) is 39.5 Å². The molecular weight excluding hydrogens is 403 g/mol. The van der Waals surface area contributed by atoms with Crippen molar-refractivity contribution in [1.29, 1.82) is 0 Å². The molecule has 0 aromatic heterocycles. The molecule has 5 heteroatoms. The van der Waals surface area contributed by atoms with Gasteiger partial charge in [0.25, 0.3) is 0 Å². The number of carbonyl (C=O) groups is 1. The van der Waals surface area contributed by atoms with Crippen LogP contribution >= 0.6 is 11.6 Å². The Labute approximate surface area is 179 Å². The van der Waals surface area contributed by atoms with E-state index in [9.17, 15) is 9.18 Å². The summed E-state index contributed by atoms with van der Waals surface area (Å²) < 4.78 is 24.9. The van der Waals surface area contributed by atoms with Crippen LogP contribution in [-0.4, -0.2) is 5.78 Å². The predicted octanol–water partition coefficient (Wildman–Crippen LogP) is 6.55. The summed E-state index contributed by atoms with van der Waals surface area (Å²) in [6.07, 6.45) is 2.71. The Balaban J connectivity index is 1.55. The van der Waals surface area contributed by atoms with Gasteiger partial charge in [0.2, 0.25) is 5.78 Å². The Kier molecular flexibility index (Phi) is 5.60. The number of fused-ring (bicyclic) bond motifs is 1. The van der Waals surface area contributed by atoms with E-state index in [1.54, 1.807) is 24.3 Å². The van der Waals surface area contributed by atoms with Crippen LogP contribution in [0.25, 0.3) is 6.08 Å². The number of hydrogen-bond donors (Lipinski definition) is 0. The highest BCUT2D eigenvalue weighted by atomic mass is 35.5. The first kappa shape index (κ1) is 20.2. The SMILES string of the molecule is CCc1ccc(/C=C2\Oc3cc(OCc4ccc(F)cc4Cl)cc(C)c3C2=O)cc1. The van der Waals surface area contributed by atoms with E-state index in [1.165, 1.54) is 17.7 Å². The zero-order valence-corrected chi connectivity index (χ0v) is 17.4. The zero-order valence-electron chi connectivity index (χ0n) is 16.7. The fraction of sp³-hybridized carbons (Fsp3) is 0.160. The highest BCUT2D eigenvalue weighted by Crippen LogP contribution is 2.38. The smallest absolute Gasteiger partial charge is 0.232 e. The van der Waals surface area contributed by atoms with Crippen LogP contribution in [-0.2, 0) is 13.0 Å². The van der Waals surface area contributed by atoms with E-state index in [0.29, 0.717) is 27.6 Å². The monoisotopic (exact) mass is 422 g/mol. The Morgan fingerprint density at radius 1 is 1.10 bits per heavy atom. The highest BCUT2D eigenvalue weighted by molar-refractivity contribution is 6.31. The maximum Gasteiger partial charge on any atom is 0.232 e. The van der Waals surface area contributed by atoms with Crippen molar-refractivity contribution in [2.75, 3.05) is 0 Å². The molecule has 0 fully saturated rings. The maximum atomic E-state index is 13.2. The van der Waals surface area contributed by atoms with Crippen molar-refractivity contribution in [2.24, 2.45) is 0 Å². The van der Waals surface area contributed by atoms with Gasteiger partial charge < -0.3 is 9.47 Å². The molecule has 1 heterocycles. The van der Waals surface area contributed by atoms with Gasteiger partial charge in [-0.25, -0.2) is 4.39 Å². The van der Waals surface area contributed by atoms with Crippen molar-refractivity contribution in [3.8, 4) is 11.5 Å². The van der Waals surface area contributed by atoms with Gasteiger partial charge in [0.15, 0.2) is 5.76 Å². The summed E-state index contributed by atoms with van der Waals surface area (Å²) >= 11 is 6.06. The van der Waals surface area contributed by atoms with Crippen LogP contribution in [0.3, 0.4) is 0 Å². The van der Waals surface area contributed by atoms with Crippen molar-refractivity contribution >= 4 is 23.5 Å². The number of carbonyl (C=O) groups excluding carboxylic acids is 1. The summed E-state index contributed by atoms with van der Waals surface area (Å²) in [6, 6.07) is 15.7. The lowest BCUT2D eigenvalue weighted by molar-refractivity contribution is 0.101. The summed E-state index contributed by atoms with van der Waals surface area (Å²) in [7, 11) is 0. The second-order valence-corrected chi connectivity index (χ2v) is 7.58. The van der Waals surface area contributed by atoms with E-state index >= 15 is 0 Å². The minimum Gasteiger partial charge on any atom is -0.489 e. The van der Waals surface area contributed by atoms with Crippen molar-refractivity contribution in [2.45, 2.75) is 26.9 Å². The minimum atomic E-state index is -0.396. The molecule has 3 aromatic carbocycles.